The van der Waals surface area contributed by atoms with Gasteiger partial charge in [0.15, 0.2) is 0 Å². The molecule has 1 amide bonds. The van der Waals surface area contributed by atoms with E-state index in [1.165, 1.54) is 0 Å². The Bertz CT molecular complexity index is 505. The summed E-state index contributed by atoms with van der Waals surface area (Å²) in [5, 5.41) is 3.86. The molecule has 0 aliphatic rings. The predicted molar refractivity (Wildman–Crippen MR) is 67.1 cm³/mol. The van der Waals surface area contributed by atoms with E-state index < -0.39 is 0 Å². The minimum atomic E-state index is -0.0622. The summed E-state index contributed by atoms with van der Waals surface area (Å²) in [6.45, 7) is 3.69. The summed E-state index contributed by atoms with van der Waals surface area (Å²) < 4.78 is 5.16. The zero-order valence-electron chi connectivity index (χ0n) is 9.82. The van der Waals surface area contributed by atoms with E-state index in [0.717, 1.165) is 10.9 Å². The Hall–Kier alpha value is -1.81. The first kappa shape index (κ1) is 11.7. The molecule has 0 saturated heterocycles. The van der Waals surface area contributed by atoms with Gasteiger partial charge in [-0.2, -0.15) is 0 Å². The van der Waals surface area contributed by atoms with Crippen molar-refractivity contribution < 1.29 is 9.53 Å². The summed E-state index contributed by atoms with van der Waals surface area (Å²) in [4.78, 5) is 14.9. The molecule has 1 aromatic carbocycles. The molecule has 0 atom stereocenters. The van der Waals surface area contributed by atoms with Gasteiger partial charge in [-0.25, -0.2) is 0 Å². The monoisotopic (exact) mass is 232 g/mol. The number of aromatic nitrogens is 1. The van der Waals surface area contributed by atoms with Crippen LogP contribution in [0.5, 0.6) is 0 Å². The molecule has 0 saturated carbocycles. The van der Waals surface area contributed by atoms with Gasteiger partial charge < -0.3 is 15.0 Å². The smallest absolute Gasteiger partial charge is 0.251 e. The van der Waals surface area contributed by atoms with Crippen LogP contribution in [0.25, 0.3) is 10.9 Å². The quantitative estimate of drug-likeness (QED) is 0.774. The molecule has 2 aromatic rings. The lowest BCUT2D eigenvalue weighted by molar-refractivity contribution is 0.0922. The lowest BCUT2D eigenvalue weighted by Gasteiger charge is -2.05. The van der Waals surface area contributed by atoms with E-state index in [2.05, 4.69) is 10.3 Å². The van der Waals surface area contributed by atoms with E-state index in [-0.39, 0.29) is 5.91 Å². The summed E-state index contributed by atoms with van der Waals surface area (Å²) >= 11 is 0. The number of hydrogen-bond donors (Lipinski definition) is 2. The maximum absolute atomic E-state index is 11.8. The van der Waals surface area contributed by atoms with Crippen molar-refractivity contribution in [1.29, 1.82) is 0 Å². The standard InChI is InChI=1S/C13H16N2O2/c1-2-17-8-7-15-13(16)11-3-4-12-10(9-11)5-6-14-12/h3-6,9,14H,2,7-8H2,1H3,(H,15,16). The second kappa shape index (κ2) is 5.50. The highest BCUT2D eigenvalue weighted by Gasteiger charge is 2.05. The first-order valence-electron chi connectivity index (χ1n) is 5.74. The van der Waals surface area contributed by atoms with Crippen LogP contribution in [0.1, 0.15) is 17.3 Å². The maximum Gasteiger partial charge on any atom is 0.251 e. The lowest BCUT2D eigenvalue weighted by atomic mass is 10.1. The number of carbonyl (C=O) groups is 1. The predicted octanol–water partition coefficient (Wildman–Crippen LogP) is 1.93. The van der Waals surface area contributed by atoms with Gasteiger partial charge in [-0.1, -0.05) is 0 Å². The summed E-state index contributed by atoms with van der Waals surface area (Å²) in [6.07, 6.45) is 1.86. The number of nitrogens with one attached hydrogen (secondary N) is 2. The molecule has 1 heterocycles. The van der Waals surface area contributed by atoms with Crippen LogP contribution < -0.4 is 5.32 Å². The van der Waals surface area contributed by atoms with Crippen molar-refractivity contribution in [3.63, 3.8) is 0 Å². The van der Waals surface area contributed by atoms with Gasteiger partial charge in [-0.15, -0.1) is 0 Å². The van der Waals surface area contributed by atoms with Crippen molar-refractivity contribution in [2.75, 3.05) is 19.8 Å². The SMILES string of the molecule is CCOCCNC(=O)c1ccc2[nH]ccc2c1. The molecule has 0 bridgehead atoms. The number of rotatable bonds is 5. The number of carbonyl (C=O) groups excluding carboxylic acids is 1. The fourth-order valence-electron chi connectivity index (χ4n) is 1.68. The second-order valence-electron chi connectivity index (χ2n) is 3.73. The molecule has 1 aromatic heterocycles. The Morgan fingerprint density at radius 2 is 2.29 bits per heavy atom. The van der Waals surface area contributed by atoms with E-state index in [1.54, 1.807) is 0 Å². The number of fused-ring (bicyclic) bond motifs is 1. The normalized spacial score (nSPS) is 10.6. The molecule has 0 radical (unpaired) electrons. The molecule has 0 aliphatic heterocycles. The van der Waals surface area contributed by atoms with Crippen LogP contribution in [0, 0.1) is 0 Å². The van der Waals surface area contributed by atoms with Crippen LogP contribution in [0.2, 0.25) is 0 Å². The zero-order valence-corrected chi connectivity index (χ0v) is 9.82. The summed E-state index contributed by atoms with van der Waals surface area (Å²) in [7, 11) is 0. The Labute approximate surface area is 100.0 Å². The van der Waals surface area contributed by atoms with E-state index in [1.807, 2.05) is 37.4 Å². The van der Waals surface area contributed by atoms with Crippen molar-refractivity contribution >= 4 is 16.8 Å². The molecule has 2 N–H and O–H groups in total. The Balaban J connectivity index is 1.98. The lowest BCUT2D eigenvalue weighted by Crippen LogP contribution is -2.27. The molecule has 2 rings (SSSR count). The minimum absolute atomic E-state index is 0.0622. The van der Waals surface area contributed by atoms with Gasteiger partial charge in [0, 0.05) is 35.8 Å². The van der Waals surface area contributed by atoms with E-state index in [0.29, 0.717) is 25.3 Å². The number of benzene rings is 1. The fourth-order valence-corrected chi connectivity index (χ4v) is 1.68. The Kier molecular flexibility index (Phi) is 3.77. The maximum atomic E-state index is 11.8. The van der Waals surface area contributed by atoms with Crippen molar-refractivity contribution in [2.24, 2.45) is 0 Å². The van der Waals surface area contributed by atoms with Crippen molar-refractivity contribution in [2.45, 2.75) is 6.92 Å². The number of hydrogen-bond acceptors (Lipinski definition) is 2. The topological polar surface area (TPSA) is 54.1 Å². The van der Waals surface area contributed by atoms with Crippen LogP contribution >= 0.6 is 0 Å². The molecular formula is C13H16N2O2. The van der Waals surface area contributed by atoms with Crippen LogP contribution in [0.3, 0.4) is 0 Å². The first-order valence-corrected chi connectivity index (χ1v) is 5.74. The van der Waals surface area contributed by atoms with E-state index >= 15 is 0 Å². The minimum Gasteiger partial charge on any atom is -0.380 e. The van der Waals surface area contributed by atoms with Gasteiger partial charge in [0.1, 0.15) is 0 Å². The number of aromatic amines is 1. The summed E-state index contributed by atoms with van der Waals surface area (Å²) in [5.41, 5.74) is 1.71. The molecule has 0 spiro atoms. The number of H-pyrrole nitrogens is 1. The van der Waals surface area contributed by atoms with Crippen molar-refractivity contribution in [1.82, 2.24) is 10.3 Å². The Morgan fingerprint density at radius 1 is 1.41 bits per heavy atom. The molecule has 90 valence electrons. The Morgan fingerprint density at radius 3 is 3.12 bits per heavy atom. The fraction of sp³-hybridized carbons (Fsp3) is 0.308. The third-order valence-electron chi connectivity index (χ3n) is 2.55. The molecule has 4 nitrogen and oxygen atoms in total. The second-order valence-corrected chi connectivity index (χ2v) is 3.73. The van der Waals surface area contributed by atoms with Gasteiger partial charge in [0.25, 0.3) is 5.91 Å². The summed E-state index contributed by atoms with van der Waals surface area (Å²) in [6, 6.07) is 7.55. The van der Waals surface area contributed by atoms with Crippen molar-refractivity contribution in [3.05, 3.63) is 36.0 Å². The van der Waals surface area contributed by atoms with Gasteiger partial charge in [-0.05, 0) is 31.2 Å². The number of ether oxygens (including phenoxy) is 1. The molecule has 0 aliphatic carbocycles. The van der Waals surface area contributed by atoms with Crippen LogP contribution in [0.4, 0.5) is 0 Å². The van der Waals surface area contributed by atoms with Crippen LogP contribution in [-0.2, 0) is 4.74 Å². The largest absolute Gasteiger partial charge is 0.380 e. The molecule has 17 heavy (non-hydrogen) atoms. The van der Waals surface area contributed by atoms with Crippen LogP contribution in [-0.4, -0.2) is 30.6 Å². The summed E-state index contributed by atoms with van der Waals surface area (Å²) in [5.74, 6) is -0.0622. The molecule has 0 fully saturated rings. The zero-order chi connectivity index (χ0) is 12.1. The molecule has 4 heteroatoms. The van der Waals surface area contributed by atoms with Crippen molar-refractivity contribution in [3.8, 4) is 0 Å². The van der Waals surface area contributed by atoms with E-state index in [4.69, 9.17) is 4.74 Å². The van der Waals surface area contributed by atoms with Gasteiger partial charge in [0.2, 0.25) is 0 Å². The molecule has 0 unspecified atom stereocenters. The highest BCUT2D eigenvalue weighted by molar-refractivity contribution is 5.98. The van der Waals surface area contributed by atoms with Gasteiger partial charge in [-0.3, -0.25) is 4.79 Å². The molecular weight excluding hydrogens is 216 g/mol. The average Bonchev–Trinajstić information content (AvgIpc) is 2.81. The highest BCUT2D eigenvalue weighted by Crippen LogP contribution is 2.13. The third kappa shape index (κ3) is 2.85. The third-order valence-corrected chi connectivity index (χ3v) is 2.55. The average molecular weight is 232 g/mol. The van der Waals surface area contributed by atoms with Crippen LogP contribution in [0.15, 0.2) is 30.5 Å². The number of amides is 1. The van der Waals surface area contributed by atoms with Gasteiger partial charge >= 0.3 is 0 Å². The van der Waals surface area contributed by atoms with E-state index in [9.17, 15) is 4.79 Å². The first-order chi connectivity index (χ1) is 8.31. The highest BCUT2D eigenvalue weighted by atomic mass is 16.5. The van der Waals surface area contributed by atoms with Gasteiger partial charge in [0.05, 0.1) is 6.61 Å².